The Hall–Kier alpha value is -2.59. The van der Waals surface area contributed by atoms with Crippen LogP contribution in [-0.2, 0) is 19.4 Å². The predicted octanol–water partition coefficient (Wildman–Crippen LogP) is 5.72. The molecule has 3 nitrogen and oxygen atoms in total. The van der Waals surface area contributed by atoms with Crippen molar-refractivity contribution in [1.29, 1.82) is 0 Å². The van der Waals surface area contributed by atoms with Crippen LogP contribution in [0.25, 0.3) is 0 Å². The lowest BCUT2D eigenvalue weighted by atomic mass is 9.99. The van der Waals surface area contributed by atoms with Crippen molar-refractivity contribution >= 4 is 23.0 Å². The molecular formula is C25H29N3S. The van der Waals surface area contributed by atoms with E-state index in [-0.39, 0.29) is 6.04 Å². The van der Waals surface area contributed by atoms with E-state index in [1.54, 1.807) is 0 Å². The van der Waals surface area contributed by atoms with E-state index in [4.69, 9.17) is 12.2 Å². The molecule has 4 heteroatoms. The molecule has 1 aliphatic heterocycles. The standard InChI is InChI=1S/C25H29N3S/c1-4-19-8-6-9-20(5-2)23(19)26-25(29)28-17-16-27-15-7-10-22(27)24(28)21-13-11-18(3)12-14-21/h6-15,24H,4-5,16-17H2,1-3H3,(H,26,29). The number of rotatable bonds is 4. The highest BCUT2D eigenvalue weighted by Gasteiger charge is 2.30. The summed E-state index contributed by atoms with van der Waals surface area (Å²) in [5, 5.41) is 4.44. The van der Waals surface area contributed by atoms with Gasteiger partial charge in [-0.1, -0.05) is 61.9 Å². The van der Waals surface area contributed by atoms with E-state index in [1.807, 2.05) is 0 Å². The lowest BCUT2D eigenvalue weighted by Crippen LogP contribution is -2.44. The molecule has 0 spiro atoms. The van der Waals surface area contributed by atoms with Crippen LogP contribution in [0, 0.1) is 6.92 Å². The highest BCUT2D eigenvalue weighted by molar-refractivity contribution is 7.80. The number of anilines is 1. The molecule has 1 unspecified atom stereocenters. The molecule has 1 N–H and O–H groups in total. The number of nitrogens with zero attached hydrogens (tertiary/aromatic N) is 2. The molecule has 0 saturated carbocycles. The number of benzene rings is 2. The summed E-state index contributed by atoms with van der Waals surface area (Å²) in [4.78, 5) is 2.35. The molecule has 2 heterocycles. The van der Waals surface area contributed by atoms with Crippen LogP contribution in [0.3, 0.4) is 0 Å². The third-order valence-electron chi connectivity index (χ3n) is 5.92. The number of fused-ring (bicyclic) bond motifs is 1. The Labute approximate surface area is 179 Å². The summed E-state index contributed by atoms with van der Waals surface area (Å²) in [5.41, 5.74) is 7.67. The van der Waals surface area contributed by atoms with Gasteiger partial charge in [-0.3, -0.25) is 0 Å². The summed E-state index contributed by atoms with van der Waals surface area (Å²) in [5.74, 6) is 0. The third-order valence-corrected chi connectivity index (χ3v) is 6.26. The van der Waals surface area contributed by atoms with E-state index in [0.29, 0.717) is 0 Å². The predicted molar refractivity (Wildman–Crippen MR) is 126 cm³/mol. The molecule has 4 rings (SSSR count). The van der Waals surface area contributed by atoms with Crippen LogP contribution < -0.4 is 5.32 Å². The zero-order valence-corrected chi connectivity index (χ0v) is 18.3. The largest absolute Gasteiger partial charge is 0.348 e. The molecule has 1 aromatic heterocycles. The number of para-hydroxylation sites is 1. The van der Waals surface area contributed by atoms with Crippen molar-refractivity contribution in [3.8, 4) is 0 Å². The first-order chi connectivity index (χ1) is 14.1. The van der Waals surface area contributed by atoms with Gasteiger partial charge in [-0.2, -0.15) is 0 Å². The van der Waals surface area contributed by atoms with Gasteiger partial charge in [-0.05, 0) is 60.8 Å². The summed E-state index contributed by atoms with van der Waals surface area (Å²) in [6, 6.07) is 19.9. The fraction of sp³-hybridized carbons (Fsp3) is 0.320. The van der Waals surface area contributed by atoms with Crippen molar-refractivity contribution < 1.29 is 0 Å². The molecule has 150 valence electrons. The number of aromatic nitrogens is 1. The Morgan fingerprint density at radius 2 is 1.66 bits per heavy atom. The monoisotopic (exact) mass is 403 g/mol. The van der Waals surface area contributed by atoms with Gasteiger partial charge >= 0.3 is 0 Å². The van der Waals surface area contributed by atoms with Crippen molar-refractivity contribution in [3.63, 3.8) is 0 Å². The molecule has 3 aromatic rings. The zero-order valence-electron chi connectivity index (χ0n) is 17.5. The van der Waals surface area contributed by atoms with Crippen LogP contribution in [0.5, 0.6) is 0 Å². The van der Waals surface area contributed by atoms with Gasteiger partial charge < -0.3 is 14.8 Å². The quantitative estimate of drug-likeness (QED) is 0.562. The summed E-state index contributed by atoms with van der Waals surface area (Å²) in [6.45, 7) is 8.37. The average Bonchev–Trinajstić information content (AvgIpc) is 3.22. The minimum Gasteiger partial charge on any atom is -0.348 e. The van der Waals surface area contributed by atoms with Crippen LogP contribution in [-0.4, -0.2) is 21.1 Å². The second-order valence-corrected chi connectivity index (χ2v) is 8.11. The van der Waals surface area contributed by atoms with Gasteiger partial charge in [0.05, 0.1) is 6.04 Å². The summed E-state index contributed by atoms with van der Waals surface area (Å²) >= 11 is 5.98. The van der Waals surface area contributed by atoms with Crippen molar-refractivity contribution in [2.24, 2.45) is 0 Å². The number of nitrogens with one attached hydrogen (secondary N) is 1. The molecule has 0 amide bonds. The maximum absolute atomic E-state index is 5.98. The molecular weight excluding hydrogens is 374 g/mol. The highest BCUT2D eigenvalue weighted by atomic mass is 32.1. The number of hydrogen-bond acceptors (Lipinski definition) is 1. The van der Waals surface area contributed by atoms with E-state index in [0.717, 1.165) is 31.0 Å². The number of aryl methyl sites for hydroxylation is 3. The van der Waals surface area contributed by atoms with E-state index in [9.17, 15) is 0 Å². The summed E-state index contributed by atoms with van der Waals surface area (Å²) in [7, 11) is 0. The summed E-state index contributed by atoms with van der Waals surface area (Å²) in [6.07, 6.45) is 4.15. The van der Waals surface area contributed by atoms with Crippen molar-refractivity contribution in [3.05, 3.63) is 88.7 Å². The molecule has 29 heavy (non-hydrogen) atoms. The molecule has 0 radical (unpaired) electrons. The Kier molecular flexibility index (Phi) is 5.72. The van der Waals surface area contributed by atoms with Crippen LogP contribution in [0.15, 0.2) is 60.8 Å². The number of thiocarbonyl (C=S) groups is 1. The van der Waals surface area contributed by atoms with Crippen molar-refractivity contribution in [2.75, 3.05) is 11.9 Å². The second kappa shape index (κ2) is 8.42. The van der Waals surface area contributed by atoms with Crippen molar-refractivity contribution in [1.82, 2.24) is 9.47 Å². The minimum atomic E-state index is 0.123. The highest BCUT2D eigenvalue weighted by Crippen LogP contribution is 2.34. The van der Waals surface area contributed by atoms with Crippen LogP contribution in [0.4, 0.5) is 5.69 Å². The second-order valence-electron chi connectivity index (χ2n) is 7.72. The first kappa shape index (κ1) is 19.7. The summed E-state index contributed by atoms with van der Waals surface area (Å²) < 4.78 is 2.35. The topological polar surface area (TPSA) is 20.2 Å². The van der Waals surface area contributed by atoms with Gasteiger partial charge in [0.15, 0.2) is 5.11 Å². The van der Waals surface area contributed by atoms with E-state index in [1.165, 1.54) is 33.6 Å². The van der Waals surface area contributed by atoms with Gasteiger partial charge in [-0.15, -0.1) is 0 Å². The molecule has 1 atom stereocenters. The zero-order chi connectivity index (χ0) is 20.4. The minimum absolute atomic E-state index is 0.123. The molecule has 2 aromatic carbocycles. The SMILES string of the molecule is CCc1cccc(CC)c1NC(=S)N1CCn2cccc2C1c1ccc(C)cc1. The maximum atomic E-state index is 5.98. The Morgan fingerprint density at radius 1 is 0.966 bits per heavy atom. The fourth-order valence-electron chi connectivity index (χ4n) is 4.28. The van der Waals surface area contributed by atoms with Gasteiger partial charge in [0, 0.05) is 30.7 Å². The normalized spacial score (nSPS) is 15.8. The van der Waals surface area contributed by atoms with E-state index < -0.39 is 0 Å². The molecule has 0 bridgehead atoms. The maximum Gasteiger partial charge on any atom is 0.174 e. The van der Waals surface area contributed by atoms with Gasteiger partial charge in [0.25, 0.3) is 0 Å². The molecule has 1 aliphatic rings. The Morgan fingerprint density at radius 3 is 2.31 bits per heavy atom. The molecule has 0 aliphatic carbocycles. The third kappa shape index (κ3) is 3.82. The van der Waals surface area contributed by atoms with Crippen LogP contribution >= 0.6 is 12.2 Å². The van der Waals surface area contributed by atoms with Gasteiger partial charge in [0.1, 0.15) is 0 Å². The van der Waals surface area contributed by atoms with Crippen LogP contribution in [0.2, 0.25) is 0 Å². The number of hydrogen-bond donors (Lipinski definition) is 1. The fourth-order valence-corrected chi connectivity index (χ4v) is 4.58. The van der Waals surface area contributed by atoms with Crippen LogP contribution in [0.1, 0.15) is 47.8 Å². The lowest BCUT2D eigenvalue weighted by molar-refractivity contribution is 0.293. The Bertz CT molecular complexity index is 981. The smallest absolute Gasteiger partial charge is 0.174 e. The molecule has 0 saturated heterocycles. The van der Waals surface area contributed by atoms with Crippen molar-refractivity contribution in [2.45, 2.75) is 46.2 Å². The Balaban J connectivity index is 1.70. The first-order valence-electron chi connectivity index (χ1n) is 10.5. The van der Waals surface area contributed by atoms with E-state index in [2.05, 4.69) is 96.3 Å². The van der Waals surface area contributed by atoms with Gasteiger partial charge in [-0.25, -0.2) is 0 Å². The molecule has 0 fully saturated rings. The lowest BCUT2D eigenvalue weighted by Gasteiger charge is -2.39. The van der Waals surface area contributed by atoms with E-state index >= 15 is 0 Å². The van der Waals surface area contributed by atoms with Gasteiger partial charge in [0.2, 0.25) is 0 Å². The first-order valence-corrected chi connectivity index (χ1v) is 10.9. The average molecular weight is 404 g/mol.